The van der Waals surface area contributed by atoms with Crippen LogP contribution in [-0.4, -0.2) is 25.8 Å². The summed E-state index contributed by atoms with van der Waals surface area (Å²) in [6, 6.07) is 7.00. The number of benzene rings is 1. The second-order valence-electron chi connectivity index (χ2n) is 4.12. The minimum Gasteiger partial charge on any atom is -0.371 e. The highest BCUT2D eigenvalue weighted by molar-refractivity contribution is 7.84. The molecule has 17 heavy (non-hydrogen) atoms. The Kier molecular flexibility index (Phi) is 3.69. The smallest absolute Gasteiger partial charge is 0.371 e. The Balaban J connectivity index is 2.08. The molecule has 0 spiro atoms. The van der Waals surface area contributed by atoms with Crippen LogP contribution in [0.15, 0.2) is 24.3 Å². The fraction of sp³-hybridized carbons (Fsp3) is 0.417. The third-order valence-corrected chi connectivity index (χ3v) is 4.10. The Labute approximate surface area is 102 Å². The standard InChI is InChI=1S/C12H16NO3S/c1-11-5-7-12(8-6-11)16-17(14,15)13-9-3-2-4-10-13/h2,5-8H,3-4,9-10H2,1H3. The summed E-state index contributed by atoms with van der Waals surface area (Å²) in [6.45, 7) is 2.96. The Bertz CT molecular complexity index is 461. The molecule has 0 bridgehead atoms. The number of piperidine rings is 1. The molecule has 1 saturated heterocycles. The van der Waals surface area contributed by atoms with E-state index >= 15 is 0 Å². The molecule has 1 aromatic rings. The van der Waals surface area contributed by atoms with Crippen molar-refractivity contribution >= 4 is 10.3 Å². The Morgan fingerprint density at radius 1 is 1.12 bits per heavy atom. The average molecular weight is 254 g/mol. The van der Waals surface area contributed by atoms with E-state index in [0.717, 1.165) is 18.4 Å². The van der Waals surface area contributed by atoms with Crippen molar-refractivity contribution in [2.24, 2.45) is 0 Å². The van der Waals surface area contributed by atoms with Crippen molar-refractivity contribution in [3.63, 3.8) is 0 Å². The van der Waals surface area contributed by atoms with E-state index in [-0.39, 0.29) is 0 Å². The van der Waals surface area contributed by atoms with Crippen LogP contribution in [0.4, 0.5) is 0 Å². The Morgan fingerprint density at radius 3 is 2.29 bits per heavy atom. The maximum Gasteiger partial charge on any atom is 0.385 e. The topological polar surface area (TPSA) is 46.6 Å². The van der Waals surface area contributed by atoms with E-state index < -0.39 is 10.3 Å². The van der Waals surface area contributed by atoms with Gasteiger partial charge in [0.1, 0.15) is 5.75 Å². The quantitative estimate of drug-likeness (QED) is 0.828. The highest BCUT2D eigenvalue weighted by atomic mass is 32.2. The van der Waals surface area contributed by atoms with E-state index in [0.29, 0.717) is 18.8 Å². The van der Waals surface area contributed by atoms with Crippen molar-refractivity contribution < 1.29 is 12.6 Å². The predicted octanol–water partition coefficient (Wildman–Crippen LogP) is 1.92. The minimum atomic E-state index is -3.64. The third-order valence-electron chi connectivity index (χ3n) is 2.70. The van der Waals surface area contributed by atoms with Gasteiger partial charge in [-0.1, -0.05) is 17.7 Å². The van der Waals surface area contributed by atoms with E-state index in [1.165, 1.54) is 4.31 Å². The van der Waals surface area contributed by atoms with Crippen LogP contribution in [0.1, 0.15) is 18.4 Å². The summed E-state index contributed by atoms with van der Waals surface area (Å²) in [7, 11) is -3.64. The van der Waals surface area contributed by atoms with Gasteiger partial charge in [0, 0.05) is 13.1 Å². The van der Waals surface area contributed by atoms with Crippen LogP contribution in [0.3, 0.4) is 0 Å². The normalized spacial score (nSPS) is 17.9. The largest absolute Gasteiger partial charge is 0.385 e. The zero-order chi connectivity index (χ0) is 12.3. The van der Waals surface area contributed by atoms with Gasteiger partial charge in [-0.3, -0.25) is 0 Å². The Morgan fingerprint density at radius 2 is 1.71 bits per heavy atom. The van der Waals surface area contributed by atoms with Crippen molar-refractivity contribution in [2.75, 3.05) is 13.1 Å². The molecule has 93 valence electrons. The number of rotatable bonds is 3. The molecule has 0 unspecified atom stereocenters. The van der Waals surface area contributed by atoms with Crippen molar-refractivity contribution in [1.29, 1.82) is 0 Å². The number of hydrogen-bond acceptors (Lipinski definition) is 3. The van der Waals surface area contributed by atoms with Gasteiger partial charge in [0.2, 0.25) is 0 Å². The average Bonchev–Trinajstić information content (AvgIpc) is 2.33. The van der Waals surface area contributed by atoms with Gasteiger partial charge in [0.05, 0.1) is 0 Å². The van der Waals surface area contributed by atoms with Gasteiger partial charge in [0.25, 0.3) is 0 Å². The summed E-state index contributed by atoms with van der Waals surface area (Å²) in [4.78, 5) is 0. The second-order valence-corrected chi connectivity index (χ2v) is 5.66. The molecular formula is C12H16NO3S. The molecule has 1 fully saturated rings. The highest BCUT2D eigenvalue weighted by Gasteiger charge is 2.25. The highest BCUT2D eigenvalue weighted by Crippen LogP contribution is 2.18. The first-order valence-corrected chi connectivity index (χ1v) is 7.02. The lowest BCUT2D eigenvalue weighted by molar-refractivity contribution is 0.338. The monoisotopic (exact) mass is 254 g/mol. The molecule has 5 heteroatoms. The maximum absolute atomic E-state index is 11.9. The molecule has 1 radical (unpaired) electrons. The zero-order valence-corrected chi connectivity index (χ0v) is 10.6. The molecule has 4 nitrogen and oxygen atoms in total. The summed E-state index contributed by atoms with van der Waals surface area (Å²) in [5, 5.41) is 0. The predicted molar refractivity (Wildman–Crippen MR) is 65.8 cm³/mol. The molecule has 2 rings (SSSR count). The molecule has 0 saturated carbocycles. The van der Waals surface area contributed by atoms with Gasteiger partial charge in [-0.05, 0) is 38.3 Å². The van der Waals surface area contributed by atoms with E-state index in [9.17, 15) is 8.42 Å². The van der Waals surface area contributed by atoms with Crippen molar-refractivity contribution in [2.45, 2.75) is 19.8 Å². The third kappa shape index (κ3) is 3.20. The first-order chi connectivity index (χ1) is 8.08. The van der Waals surface area contributed by atoms with Crippen molar-refractivity contribution in [1.82, 2.24) is 4.31 Å². The number of nitrogens with zero attached hydrogens (tertiary/aromatic N) is 1. The van der Waals surface area contributed by atoms with Crippen molar-refractivity contribution in [3.05, 3.63) is 36.2 Å². The van der Waals surface area contributed by atoms with Crippen LogP contribution in [0, 0.1) is 13.3 Å². The minimum absolute atomic E-state index is 0.366. The molecule has 1 aliphatic heterocycles. The van der Waals surface area contributed by atoms with Crippen LogP contribution in [0.5, 0.6) is 5.75 Å². The number of hydrogen-bond donors (Lipinski definition) is 0. The van der Waals surface area contributed by atoms with Crippen LogP contribution < -0.4 is 4.18 Å². The first kappa shape index (κ1) is 12.4. The van der Waals surface area contributed by atoms with Gasteiger partial charge >= 0.3 is 10.3 Å². The van der Waals surface area contributed by atoms with Gasteiger partial charge in [-0.15, -0.1) is 0 Å². The maximum atomic E-state index is 11.9. The van der Waals surface area contributed by atoms with Crippen LogP contribution in [0.2, 0.25) is 0 Å². The summed E-state index contributed by atoms with van der Waals surface area (Å²) >= 11 is 0. The van der Waals surface area contributed by atoms with E-state index in [4.69, 9.17) is 4.18 Å². The van der Waals surface area contributed by atoms with Crippen LogP contribution in [-0.2, 0) is 10.3 Å². The lowest BCUT2D eigenvalue weighted by atomic mass is 10.2. The number of aryl methyl sites for hydroxylation is 1. The van der Waals surface area contributed by atoms with Crippen LogP contribution in [0.25, 0.3) is 0 Å². The first-order valence-electron chi connectivity index (χ1n) is 5.66. The molecule has 0 N–H and O–H groups in total. The molecule has 0 aliphatic carbocycles. The summed E-state index contributed by atoms with van der Waals surface area (Å²) in [6.07, 6.45) is 3.67. The molecule has 1 aliphatic rings. The summed E-state index contributed by atoms with van der Waals surface area (Å²) in [5.74, 6) is 0.366. The van der Waals surface area contributed by atoms with Gasteiger partial charge in [-0.25, -0.2) is 0 Å². The lowest BCUT2D eigenvalue weighted by Crippen LogP contribution is -2.38. The summed E-state index contributed by atoms with van der Waals surface area (Å²) in [5.41, 5.74) is 1.07. The van der Waals surface area contributed by atoms with E-state index in [2.05, 4.69) is 6.42 Å². The lowest BCUT2D eigenvalue weighted by Gasteiger charge is -2.24. The fourth-order valence-electron chi connectivity index (χ4n) is 1.72. The SMILES string of the molecule is Cc1ccc(OS(=O)(=O)N2CC[CH]CC2)cc1. The molecular weight excluding hydrogens is 238 g/mol. The molecule has 0 atom stereocenters. The van der Waals surface area contributed by atoms with Crippen molar-refractivity contribution in [3.8, 4) is 5.75 Å². The zero-order valence-electron chi connectivity index (χ0n) is 9.80. The second kappa shape index (κ2) is 5.06. The fourth-order valence-corrected chi connectivity index (χ4v) is 2.84. The summed E-state index contributed by atoms with van der Waals surface area (Å²) < 4.78 is 30.3. The van der Waals surface area contributed by atoms with Gasteiger partial charge in [-0.2, -0.15) is 12.7 Å². The molecule has 0 aromatic heterocycles. The molecule has 1 heterocycles. The Hall–Kier alpha value is -1.07. The van der Waals surface area contributed by atoms with Gasteiger partial charge in [0.15, 0.2) is 0 Å². The van der Waals surface area contributed by atoms with Crippen LogP contribution >= 0.6 is 0 Å². The molecule has 1 aromatic carbocycles. The molecule has 0 amide bonds. The van der Waals surface area contributed by atoms with E-state index in [1.54, 1.807) is 12.1 Å². The van der Waals surface area contributed by atoms with E-state index in [1.807, 2.05) is 19.1 Å². The van der Waals surface area contributed by atoms with Gasteiger partial charge < -0.3 is 4.18 Å².